The first-order valence-electron chi connectivity index (χ1n) is 13.6. The number of unbranched alkanes of at least 4 members (excludes halogenated alkanes) is 5. The topological polar surface area (TPSA) is 61.8 Å². The van der Waals surface area contributed by atoms with Crippen LogP contribution in [0.4, 0.5) is 0 Å². The highest BCUT2D eigenvalue weighted by molar-refractivity contribution is 5.89. The third-order valence-corrected chi connectivity index (χ3v) is 6.54. The normalized spacial score (nSPS) is 13.5. The maximum atomic E-state index is 13.1. The molecule has 0 radical (unpaired) electrons. The molecule has 0 aliphatic heterocycles. The van der Waals surface area contributed by atoms with Gasteiger partial charge in [0.05, 0.1) is 31.3 Å². The highest BCUT2D eigenvalue weighted by Crippen LogP contribution is 2.27. The molecule has 0 bridgehead atoms. The van der Waals surface area contributed by atoms with Crippen LogP contribution in [0.1, 0.15) is 94.0 Å². The van der Waals surface area contributed by atoms with Crippen molar-refractivity contribution in [3.05, 3.63) is 71.8 Å². The Morgan fingerprint density at radius 1 is 0.778 bits per heavy atom. The zero-order valence-electron chi connectivity index (χ0n) is 22.3. The minimum atomic E-state index is -0.616. The fourth-order valence-electron chi connectivity index (χ4n) is 4.41. The Hall–Kier alpha value is -2.66. The highest BCUT2D eigenvalue weighted by Gasteiger charge is 2.34. The minimum Gasteiger partial charge on any atom is -0.469 e. The molecule has 3 unspecified atom stereocenters. The molecule has 0 saturated carbocycles. The standard InChI is InChI=1S/C31H44O5/c1-4-6-8-16-22-28(31(33)34-3)29(36-30(32)26-19-14-10-15-20-26)23-27(21-11-7-5-2)35-24-25-17-12-9-13-18-25/h9-10,12-15,17-20,27-29H,4-8,11,16,21-24H2,1-3H3. The number of carbonyl (C=O) groups excluding carboxylic acids is 2. The Labute approximate surface area is 217 Å². The van der Waals surface area contributed by atoms with Crippen LogP contribution in [-0.4, -0.2) is 31.3 Å². The van der Waals surface area contributed by atoms with Gasteiger partial charge in [-0.2, -0.15) is 0 Å². The Morgan fingerprint density at radius 2 is 1.39 bits per heavy atom. The van der Waals surface area contributed by atoms with E-state index in [0.29, 0.717) is 25.0 Å². The van der Waals surface area contributed by atoms with E-state index in [0.717, 1.165) is 56.9 Å². The Bertz CT molecular complexity index is 852. The third-order valence-electron chi connectivity index (χ3n) is 6.54. The predicted octanol–water partition coefficient (Wildman–Crippen LogP) is 7.53. The summed E-state index contributed by atoms with van der Waals surface area (Å²) in [6, 6.07) is 19.0. The molecule has 36 heavy (non-hydrogen) atoms. The summed E-state index contributed by atoms with van der Waals surface area (Å²) < 4.78 is 17.6. The van der Waals surface area contributed by atoms with Crippen LogP contribution >= 0.6 is 0 Å². The van der Waals surface area contributed by atoms with Crippen molar-refractivity contribution in [1.29, 1.82) is 0 Å². The first kappa shape index (κ1) is 29.6. The SMILES string of the molecule is CCCCCCC(C(=O)OC)C(CC(CCCCC)OCc1ccccc1)OC(=O)c1ccccc1. The van der Waals surface area contributed by atoms with E-state index < -0.39 is 18.0 Å². The molecule has 0 aliphatic rings. The van der Waals surface area contributed by atoms with Gasteiger partial charge in [-0.05, 0) is 30.5 Å². The zero-order chi connectivity index (χ0) is 26.0. The molecule has 198 valence electrons. The van der Waals surface area contributed by atoms with E-state index in [-0.39, 0.29) is 12.1 Å². The van der Waals surface area contributed by atoms with Crippen molar-refractivity contribution >= 4 is 11.9 Å². The van der Waals surface area contributed by atoms with Gasteiger partial charge in [0.25, 0.3) is 0 Å². The average molecular weight is 497 g/mol. The smallest absolute Gasteiger partial charge is 0.338 e. The van der Waals surface area contributed by atoms with Gasteiger partial charge in [0.1, 0.15) is 6.10 Å². The molecule has 2 aromatic rings. The maximum absolute atomic E-state index is 13.1. The molecule has 0 aliphatic carbocycles. The molecule has 0 heterocycles. The number of carbonyl (C=O) groups is 2. The molecule has 0 N–H and O–H groups in total. The Kier molecular flexibility index (Phi) is 14.6. The number of esters is 2. The lowest BCUT2D eigenvalue weighted by molar-refractivity contribution is -0.151. The second-order valence-corrected chi connectivity index (χ2v) is 9.44. The molecule has 5 nitrogen and oxygen atoms in total. The van der Waals surface area contributed by atoms with Crippen molar-refractivity contribution in [3.63, 3.8) is 0 Å². The van der Waals surface area contributed by atoms with E-state index in [1.807, 2.05) is 48.5 Å². The largest absolute Gasteiger partial charge is 0.469 e. The van der Waals surface area contributed by atoms with Gasteiger partial charge in [0, 0.05) is 6.42 Å². The zero-order valence-corrected chi connectivity index (χ0v) is 22.3. The van der Waals surface area contributed by atoms with Crippen LogP contribution in [0.2, 0.25) is 0 Å². The number of ether oxygens (including phenoxy) is 3. The van der Waals surface area contributed by atoms with Gasteiger partial charge >= 0.3 is 11.9 Å². The maximum Gasteiger partial charge on any atom is 0.338 e. The van der Waals surface area contributed by atoms with Gasteiger partial charge in [-0.15, -0.1) is 0 Å². The summed E-state index contributed by atoms with van der Waals surface area (Å²) in [6.07, 6.45) is 8.58. The second kappa shape index (κ2) is 17.7. The molecule has 2 rings (SSSR count). The Morgan fingerprint density at radius 3 is 2.03 bits per heavy atom. The van der Waals surface area contributed by atoms with E-state index in [2.05, 4.69) is 13.8 Å². The lowest BCUT2D eigenvalue weighted by Gasteiger charge is -2.29. The van der Waals surface area contributed by atoms with Crippen LogP contribution < -0.4 is 0 Å². The molecule has 0 amide bonds. The van der Waals surface area contributed by atoms with Crippen LogP contribution in [0.15, 0.2) is 60.7 Å². The molecule has 0 spiro atoms. The van der Waals surface area contributed by atoms with Gasteiger partial charge in [-0.25, -0.2) is 4.79 Å². The molecule has 3 atom stereocenters. The highest BCUT2D eigenvalue weighted by atomic mass is 16.6. The molecule has 0 aromatic heterocycles. The van der Waals surface area contributed by atoms with Crippen molar-refractivity contribution < 1.29 is 23.8 Å². The summed E-state index contributed by atoms with van der Waals surface area (Å²) >= 11 is 0. The van der Waals surface area contributed by atoms with Crippen LogP contribution in [0.5, 0.6) is 0 Å². The quantitative estimate of drug-likeness (QED) is 0.158. The van der Waals surface area contributed by atoms with Crippen LogP contribution in [0.3, 0.4) is 0 Å². The van der Waals surface area contributed by atoms with Gasteiger partial charge in [0.15, 0.2) is 0 Å². The lowest BCUT2D eigenvalue weighted by Crippen LogP contribution is -2.37. The van der Waals surface area contributed by atoms with Gasteiger partial charge in [-0.1, -0.05) is 107 Å². The van der Waals surface area contributed by atoms with E-state index in [1.54, 1.807) is 12.1 Å². The average Bonchev–Trinajstić information content (AvgIpc) is 2.92. The summed E-state index contributed by atoms with van der Waals surface area (Å²) in [5.41, 5.74) is 1.57. The third kappa shape index (κ3) is 10.9. The van der Waals surface area contributed by atoms with E-state index >= 15 is 0 Å². The van der Waals surface area contributed by atoms with Crippen molar-refractivity contribution in [2.24, 2.45) is 5.92 Å². The van der Waals surface area contributed by atoms with Gasteiger partial charge in [-0.3, -0.25) is 4.79 Å². The van der Waals surface area contributed by atoms with E-state index in [1.165, 1.54) is 7.11 Å². The Balaban J connectivity index is 2.23. The van der Waals surface area contributed by atoms with Gasteiger partial charge < -0.3 is 14.2 Å². The molecule has 0 fully saturated rings. The van der Waals surface area contributed by atoms with Crippen LogP contribution in [0, 0.1) is 5.92 Å². The number of benzene rings is 2. The number of hydrogen-bond acceptors (Lipinski definition) is 5. The first-order chi connectivity index (χ1) is 17.6. The fraction of sp³-hybridized carbons (Fsp3) is 0.548. The fourth-order valence-corrected chi connectivity index (χ4v) is 4.41. The summed E-state index contributed by atoms with van der Waals surface area (Å²) in [7, 11) is 1.40. The van der Waals surface area contributed by atoms with Crippen molar-refractivity contribution in [1.82, 2.24) is 0 Å². The van der Waals surface area contributed by atoms with Crippen LogP contribution in [0.25, 0.3) is 0 Å². The molecular weight excluding hydrogens is 452 g/mol. The summed E-state index contributed by atoms with van der Waals surface area (Å²) in [4.78, 5) is 26.0. The van der Waals surface area contributed by atoms with Crippen molar-refractivity contribution in [3.8, 4) is 0 Å². The summed E-state index contributed by atoms with van der Waals surface area (Å²) in [5.74, 6) is -1.26. The van der Waals surface area contributed by atoms with Crippen LogP contribution in [-0.2, 0) is 25.6 Å². The number of hydrogen-bond donors (Lipinski definition) is 0. The van der Waals surface area contributed by atoms with E-state index in [4.69, 9.17) is 14.2 Å². The lowest BCUT2D eigenvalue weighted by atomic mass is 9.90. The predicted molar refractivity (Wildman–Crippen MR) is 144 cm³/mol. The van der Waals surface area contributed by atoms with Crippen molar-refractivity contribution in [2.75, 3.05) is 7.11 Å². The first-order valence-corrected chi connectivity index (χ1v) is 13.6. The second-order valence-electron chi connectivity index (χ2n) is 9.44. The molecule has 2 aromatic carbocycles. The molecule has 5 heteroatoms. The molecule has 0 saturated heterocycles. The van der Waals surface area contributed by atoms with Crippen molar-refractivity contribution in [2.45, 2.75) is 96.9 Å². The molecular formula is C31H44O5. The summed E-state index contributed by atoms with van der Waals surface area (Å²) in [5, 5.41) is 0. The van der Waals surface area contributed by atoms with Gasteiger partial charge in [0.2, 0.25) is 0 Å². The summed E-state index contributed by atoms with van der Waals surface area (Å²) in [6.45, 7) is 4.82. The van der Waals surface area contributed by atoms with E-state index in [9.17, 15) is 9.59 Å². The number of rotatable bonds is 18. The minimum absolute atomic E-state index is 0.131. The monoisotopic (exact) mass is 496 g/mol. The number of methoxy groups -OCH3 is 1.